The fourth-order valence-corrected chi connectivity index (χ4v) is 2.04. The number of aryl methyl sites for hydroxylation is 1. The van der Waals surface area contributed by atoms with Gasteiger partial charge in [0.2, 0.25) is 11.7 Å². The molecule has 0 unspecified atom stereocenters. The largest absolute Gasteiger partial charge is 0.539 e. The molecule has 0 saturated carbocycles. The predicted octanol–water partition coefficient (Wildman–Crippen LogP) is -1.66. The highest BCUT2D eigenvalue weighted by molar-refractivity contribution is 7.99. The average molecular weight is 284 g/mol. The maximum Gasteiger partial charge on any atom is 0.300 e. The maximum atomic E-state index is 11.8. The smallest absolute Gasteiger partial charge is 0.300 e. The molecule has 0 aliphatic carbocycles. The van der Waals surface area contributed by atoms with Gasteiger partial charge in [0.25, 0.3) is 11.3 Å². The van der Waals surface area contributed by atoms with Crippen LogP contribution < -0.4 is 15.3 Å². The summed E-state index contributed by atoms with van der Waals surface area (Å²) in [6.07, 6.45) is 0. The van der Waals surface area contributed by atoms with Gasteiger partial charge in [-0.3, -0.25) is 9.59 Å². The van der Waals surface area contributed by atoms with Crippen LogP contribution >= 0.6 is 11.8 Å². The zero-order valence-electron chi connectivity index (χ0n) is 9.61. The third-order valence-corrected chi connectivity index (χ3v) is 2.95. The van der Waals surface area contributed by atoms with E-state index in [4.69, 9.17) is 5.11 Å². The molecule has 10 heteroatoms. The molecule has 100 valence electrons. The van der Waals surface area contributed by atoms with Crippen molar-refractivity contribution in [2.24, 2.45) is 7.05 Å². The Bertz CT molecular complexity index is 660. The fraction of sp³-hybridized carbons (Fsp3) is 0.222. The summed E-state index contributed by atoms with van der Waals surface area (Å²) in [7, 11) is 1.40. The van der Waals surface area contributed by atoms with Crippen LogP contribution in [0.3, 0.4) is 0 Å². The molecule has 2 rings (SSSR count). The second-order valence-corrected chi connectivity index (χ2v) is 4.42. The van der Waals surface area contributed by atoms with Gasteiger partial charge in [0, 0.05) is 0 Å². The lowest BCUT2D eigenvalue weighted by molar-refractivity contribution is -0.741. The van der Waals surface area contributed by atoms with Crippen molar-refractivity contribution in [3.63, 3.8) is 0 Å². The molecule has 0 fully saturated rings. The molecule has 0 amide bonds. The minimum atomic E-state index is -0.828. The van der Waals surface area contributed by atoms with Gasteiger partial charge in [0.1, 0.15) is 0 Å². The van der Waals surface area contributed by atoms with Crippen molar-refractivity contribution in [3.8, 4) is 11.8 Å². The van der Waals surface area contributed by atoms with Gasteiger partial charge in [-0.1, -0.05) is 16.4 Å². The zero-order valence-corrected chi connectivity index (χ0v) is 10.4. The first kappa shape index (κ1) is 13.1. The molecule has 0 bridgehead atoms. The number of Topliss-reactive ketones (excluding diaryl/α,β-unsaturated/α-hetero) is 1. The number of nitrogens with zero attached hydrogens (tertiary/aromatic N) is 3. The number of carbonyl (C=O) groups excluding carboxylic acids is 1. The minimum Gasteiger partial charge on any atom is -0.539 e. The summed E-state index contributed by atoms with van der Waals surface area (Å²) >= 11 is 0.875. The average Bonchev–Trinajstić information content (AvgIpc) is 2.65. The second-order valence-electron chi connectivity index (χ2n) is 3.45. The Labute approximate surface area is 109 Å². The Balaban J connectivity index is 2.11. The van der Waals surface area contributed by atoms with E-state index in [0.29, 0.717) is 0 Å². The van der Waals surface area contributed by atoms with Crippen molar-refractivity contribution in [3.05, 3.63) is 22.1 Å². The first-order valence-electron chi connectivity index (χ1n) is 4.96. The van der Waals surface area contributed by atoms with Crippen LogP contribution in [0.1, 0.15) is 10.5 Å². The summed E-state index contributed by atoms with van der Waals surface area (Å²) in [4.78, 5) is 28.8. The molecule has 0 atom stereocenters. The predicted molar refractivity (Wildman–Crippen MR) is 58.7 cm³/mol. The van der Waals surface area contributed by atoms with E-state index in [2.05, 4.69) is 19.8 Å². The number of thioether (sulfide) groups is 1. The van der Waals surface area contributed by atoms with Crippen LogP contribution in [0.2, 0.25) is 0 Å². The summed E-state index contributed by atoms with van der Waals surface area (Å²) in [6.45, 7) is 0. The van der Waals surface area contributed by atoms with Gasteiger partial charge in [-0.05, 0) is 0 Å². The molecule has 0 saturated heterocycles. The monoisotopic (exact) mass is 284 g/mol. The Morgan fingerprint density at radius 1 is 1.68 bits per heavy atom. The van der Waals surface area contributed by atoms with Crippen LogP contribution in [-0.4, -0.2) is 31.9 Å². The Hall–Kier alpha value is -2.36. The van der Waals surface area contributed by atoms with E-state index in [0.717, 1.165) is 22.5 Å². The lowest BCUT2D eigenvalue weighted by Crippen LogP contribution is -2.37. The quantitative estimate of drug-likeness (QED) is 0.294. The number of aromatic hydroxyl groups is 1. The van der Waals surface area contributed by atoms with E-state index in [1.54, 1.807) is 0 Å². The number of carbonyl (C=O) groups is 1. The van der Waals surface area contributed by atoms with E-state index in [1.807, 2.05) is 0 Å². The first-order chi connectivity index (χ1) is 8.97. The molecule has 2 aromatic rings. The molecule has 0 spiro atoms. The third-order valence-electron chi connectivity index (χ3n) is 2.07. The van der Waals surface area contributed by atoms with E-state index in [9.17, 15) is 14.7 Å². The van der Waals surface area contributed by atoms with Crippen molar-refractivity contribution in [1.82, 2.24) is 15.2 Å². The highest BCUT2D eigenvalue weighted by Crippen LogP contribution is 2.16. The summed E-state index contributed by atoms with van der Waals surface area (Å²) in [6, 6.07) is 0.904. The summed E-state index contributed by atoms with van der Waals surface area (Å²) < 4.78 is 5.35. The number of aromatic amines is 1. The van der Waals surface area contributed by atoms with E-state index in [-0.39, 0.29) is 16.6 Å². The van der Waals surface area contributed by atoms with Gasteiger partial charge in [-0.15, -0.1) is 0 Å². The van der Waals surface area contributed by atoms with E-state index >= 15 is 0 Å². The van der Waals surface area contributed by atoms with Crippen molar-refractivity contribution >= 4 is 17.5 Å². The number of nitrogens with one attached hydrogen (secondary N) is 1. The van der Waals surface area contributed by atoms with Gasteiger partial charge in [0.15, 0.2) is 18.2 Å². The molecule has 9 nitrogen and oxygen atoms in total. The fourth-order valence-electron chi connectivity index (χ4n) is 1.30. The van der Waals surface area contributed by atoms with E-state index < -0.39 is 23.2 Å². The van der Waals surface area contributed by atoms with Gasteiger partial charge < -0.3 is 19.7 Å². The van der Waals surface area contributed by atoms with Crippen LogP contribution in [-0.2, 0) is 7.05 Å². The van der Waals surface area contributed by atoms with Crippen molar-refractivity contribution in [2.45, 2.75) is 5.16 Å². The summed E-state index contributed by atoms with van der Waals surface area (Å²) in [5.41, 5.74) is -0.738. The van der Waals surface area contributed by atoms with Crippen LogP contribution in [0.4, 0.5) is 0 Å². The highest BCUT2D eigenvalue weighted by atomic mass is 32.2. The number of hydrogen-bond acceptors (Lipinski definition) is 8. The van der Waals surface area contributed by atoms with Crippen LogP contribution in [0, 0.1) is 0 Å². The van der Waals surface area contributed by atoms with E-state index in [1.165, 1.54) is 7.05 Å². The molecule has 0 aliphatic rings. The minimum absolute atomic E-state index is 0.0740. The second kappa shape index (κ2) is 5.10. The lowest BCUT2D eigenvalue weighted by atomic mass is 10.3. The maximum absolute atomic E-state index is 11.8. The molecule has 19 heavy (non-hydrogen) atoms. The van der Waals surface area contributed by atoms with Crippen molar-refractivity contribution < 1.29 is 24.2 Å². The first-order valence-corrected chi connectivity index (χ1v) is 5.95. The van der Waals surface area contributed by atoms with Crippen LogP contribution in [0.25, 0.3) is 0 Å². The molecule has 0 aromatic carbocycles. The number of ketones is 1. The van der Waals surface area contributed by atoms with Crippen molar-refractivity contribution in [2.75, 3.05) is 5.75 Å². The lowest BCUT2D eigenvalue weighted by Gasteiger charge is -1.99. The normalized spacial score (nSPS) is 10.6. The molecule has 2 heterocycles. The SMILES string of the molecule is C[n+]1noc([O-])c1C(=O)CSc1nc(O)cc(=O)[nH]1. The van der Waals surface area contributed by atoms with Gasteiger partial charge in [0.05, 0.1) is 17.1 Å². The number of rotatable bonds is 4. The number of H-pyrrole nitrogens is 1. The summed E-state index contributed by atoms with van der Waals surface area (Å²) in [5, 5.41) is 23.7. The van der Waals surface area contributed by atoms with Crippen LogP contribution in [0.5, 0.6) is 11.8 Å². The standard InChI is InChI=1S/C9H8N4O5S/c1-13-7(8(17)18-12-13)4(14)3-19-9-10-5(15)2-6(16)11-9/h2H,3H2,1H3,(H2-,10,11,12,14,15,16,17). The van der Waals surface area contributed by atoms with Gasteiger partial charge in [-0.2, -0.15) is 4.98 Å². The zero-order chi connectivity index (χ0) is 14.0. The topological polar surface area (TPSA) is 136 Å². The highest BCUT2D eigenvalue weighted by Gasteiger charge is 2.22. The van der Waals surface area contributed by atoms with Crippen molar-refractivity contribution in [1.29, 1.82) is 0 Å². The molecule has 0 radical (unpaired) electrons. The molecular formula is C9H8N4O5S. The molecule has 2 aromatic heterocycles. The Morgan fingerprint density at radius 2 is 2.42 bits per heavy atom. The van der Waals surface area contributed by atoms with Crippen LogP contribution in [0.15, 0.2) is 20.5 Å². The third kappa shape index (κ3) is 2.91. The summed E-state index contributed by atoms with van der Waals surface area (Å²) in [5.74, 6) is -1.95. The Morgan fingerprint density at radius 3 is 3.00 bits per heavy atom. The molecule has 0 aliphatic heterocycles. The molecular weight excluding hydrogens is 276 g/mol. The number of aromatic nitrogens is 4. The molecule has 2 N–H and O–H groups in total. The Kier molecular flexibility index (Phi) is 3.51. The van der Waals surface area contributed by atoms with Gasteiger partial charge >= 0.3 is 0 Å². The van der Waals surface area contributed by atoms with Gasteiger partial charge in [-0.25, -0.2) is 0 Å². The number of hydrogen-bond donors (Lipinski definition) is 2.